The Hall–Kier alpha value is -0.930. The second-order valence-electron chi connectivity index (χ2n) is 5.56. The highest BCUT2D eigenvalue weighted by atomic mass is 35.5. The average Bonchev–Trinajstić information content (AvgIpc) is 2.59. The van der Waals surface area contributed by atoms with Gasteiger partial charge in [-0.05, 0) is 30.9 Å². The first-order valence-corrected chi connectivity index (χ1v) is 7.80. The topological polar surface area (TPSA) is 55.1 Å². The first-order chi connectivity index (χ1) is 9.49. The third-order valence-electron chi connectivity index (χ3n) is 3.97. The number of halogens is 2. The fraction of sp³-hybridized carbons (Fsp3) is 0.533. The maximum Gasteiger partial charge on any atom is 0.253 e. The minimum atomic E-state index is -0.192. The molecule has 1 aromatic carbocycles. The molecule has 1 saturated carbocycles. The van der Waals surface area contributed by atoms with Gasteiger partial charge in [-0.15, -0.1) is 0 Å². The highest BCUT2D eigenvalue weighted by Crippen LogP contribution is 2.29. The lowest BCUT2D eigenvalue weighted by Crippen LogP contribution is -2.39. The molecule has 0 bridgehead atoms. The van der Waals surface area contributed by atoms with E-state index < -0.39 is 0 Å². The molecule has 2 rings (SSSR count). The van der Waals surface area contributed by atoms with E-state index in [4.69, 9.17) is 28.9 Å². The van der Waals surface area contributed by atoms with Crippen molar-refractivity contribution in [2.24, 2.45) is 5.92 Å². The zero-order valence-electron chi connectivity index (χ0n) is 11.6. The van der Waals surface area contributed by atoms with Gasteiger partial charge in [0.1, 0.15) is 0 Å². The van der Waals surface area contributed by atoms with Gasteiger partial charge < -0.3 is 11.1 Å². The Kier molecular flexibility index (Phi) is 5.17. The van der Waals surface area contributed by atoms with Gasteiger partial charge in [0.15, 0.2) is 0 Å². The van der Waals surface area contributed by atoms with E-state index in [1.54, 1.807) is 12.1 Å². The van der Waals surface area contributed by atoms with Crippen LogP contribution in [0.5, 0.6) is 0 Å². The third-order valence-corrected chi connectivity index (χ3v) is 4.78. The monoisotopic (exact) mass is 314 g/mol. The summed E-state index contributed by atoms with van der Waals surface area (Å²) in [5.74, 6) is 0.291. The predicted molar refractivity (Wildman–Crippen MR) is 84.4 cm³/mol. The highest BCUT2D eigenvalue weighted by molar-refractivity contribution is 6.44. The Morgan fingerprint density at radius 1 is 1.25 bits per heavy atom. The standard InChI is InChI=1S/C15H20Cl2N2O/c1-9-5-3-2-4-6-13(9)19-15(20)11-7-10(18)8-12(16)14(11)17/h7-9,13H,2-6,18H2,1H3,(H,19,20). The predicted octanol–water partition coefficient (Wildman–Crippen LogP) is 4.27. The zero-order valence-corrected chi connectivity index (χ0v) is 13.1. The fourth-order valence-electron chi connectivity index (χ4n) is 2.73. The van der Waals surface area contributed by atoms with Crippen molar-refractivity contribution < 1.29 is 4.79 Å². The smallest absolute Gasteiger partial charge is 0.253 e. The summed E-state index contributed by atoms with van der Waals surface area (Å²) >= 11 is 12.1. The molecule has 0 aromatic heterocycles. The number of hydrogen-bond donors (Lipinski definition) is 2. The fourth-order valence-corrected chi connectivity index (χ4v) is 3.15. The van der Waals surface area contributed by atoms with Crippen molar-refractivity contribution in [2.75, 3.05) is 5.73 Å². The van der Waals surface area contributed by atoms with Crippen molar-refractivity contribution in [2.45, 2.75) is 45.1 Å². The van der Waals surface area contributed by atoms with Gasteiger partial charge in [0.05, 0.1) is 15.6 Å². The number of nitrogens with two attached hydrogens (primary N) is 1. The van der Waals surface area contributed by atoms with E-state index in [1.807, 2.05) is 0 Å². The molecule has 0 radical (unpaired) electrons. The van der Waals surface area contributed by atoms with Crippen LogP contribution < -0.4 is 11.1 Å². The molecule has 5 heteroatoms. The quantitative estimate of drug-likeness (QED) is 0.632. The molecule has 1 aliphatic carbocycles. The lowest BCUT2D eigenvalue weighted by Gasteiger charge is -2.23. The van der Waals surface area contributed by atoms with Crippen LogP contribution in [0.2, 0.25) is 10.0 Å². The van der Waals surface area contributed by atoms with Crippen LogP contribution in [-0.2, 0) is 0 Å². The Morgan fingerprint density at radius 2 is 1.95 bits per heavy atom. The van der Waals surface area contributed by atoms with Crippen LogP contribution >= 0.6 is 23.2 Å². The Labute approximate surface area is 129 Å². The molecule has 1 fully saturated rings. The summed E-state index contributed by atoms with van der Waals surface area (Å²) in [6, 6.07) is 3.32. The first kappa shape index (κ1) is 15.5. The maximum atomic E-state index is 12.4. The Bertz CT molecular complexity index is 505. The summed E-state index contributed by atoms with van der Waals surface area (Å²) in [4.78, 5) is 12.4. The number of hydrogen-bond acceptors (Lipinski definition) is 2. The van der Waals surface area contributed by atoms with Gasteiger partial charge in [-0.3, -0.25) is 4.79 Å². The molecule has 0 saturated heterocycles. The lowest BCUT2D eigenvalue weighted by molar-refractivity contribution is 0.0922. The summed E-state index contributed by atoms with van der Waals surface area (Å²) in [6.07, 6.45) is 5.79. The summed E-state index contributed by atoms with van der Waals surface area (Å²) in [5, 5.41) is 3.66. The number of carbonyl (C=O) groups excluding carboxylic acids is 1. The number of nitrogen functional groups attached to an aromatic ring is 1. The summed E-state index contributed by atoms with van der Waals surface area (Å²) in [5.41, 5.74) is 6.53. The van der Waals surface area contributed by atoms with Crippen molar-refractivity contribution in [3.8, 4) is 0 Å². The molecular weight excluding hydrogens is 295 g/mol. The number of amides is 1. The van der Waals surface area contributed by atoms with E-state index in [0.29, 0.717) is 22.2 Å². The van der Waals surface area contributed by atoms with Crippen LogP contribution in [0.25, 0.3) is 0 Å². The summed E-state index contributed by atoms with van der Waals surface area (Å²) < 4.78 is 0. The number of nitrogens with one attached hydrogen (secondary N) is 1. The van der Waals surface area contributed by atoms with Crippen LogP contribution in [0.4, 0.5) is 5.69 Å². The van der Waals surface area contributed by atoms with Gasteiger partial charge in [-0.1, -0.05) is 49.4 Å². The molecule has 1 aliphatic rings. The van der Waals surface area contributed by atoms with Gasteiger partial charge in [-0.25, -0.2) is 0 Å². The third kappa shape index (κ3) is 3.58. The van der Waals surface area contributed by atoms with E-state index in [0.717, 1.165) is 19.3 Å². The molecule has 0 spiro atoms. The SMILES string of the molecule is CC1CCCCCC1NC(=O)c1cc(N)cc(Cl)c1Cl. The molecule has 2 atom stereocenters. The Balaban J connectivity index is 2.15. The molecule has 2 unspecified atom stereocenters. The van der Waals surface area contributed by atoms with E-state index in [1.165, 1.54) is 12.8 Å². The molecular formula is C15H20Cl2N2O. The lowest BCUT2D eigenvalue weighted by atomic mass is 9.96. The largest absolute Gasteiger partial charge is 0.399 e. The maximum absolute atomic E-state index is 12.4. The van der Waals surface area contributed by atoms with E-state index in [2.05, 4.69) is 12.2 Å². The Morgan fingerprint density at radius 3 is 2.70 bits per heavy atom. The van der Waals surface area contributed by atoms with E-state index in [9.17, 15) is 4.79 Å². The molecule has 0 aliphatic heterocycles. The highest BCUT2D eigenvalue weighted by Gasteiger charge is 2.23. The minimum Gasteiger partial charge on any atom is -0.399 e. The van der Waals surface area contributed by atoms with Crippen LogP contribution in [0.3, 0.4) is 0 Å². The molecule has 0 heterocycles. The number of benzene rings is 1. The van der Waals surface area contributed by atoms with Crippen LogP contribution in [0.15, 0.2) is 12.1 Å². The summed E-state index contributed by atoms with van der Waals surface area (Å²) in [7, 11) is 0. The van der Waals surface area contributed by atoms with Crippen molar-refractivity contribution in [3.63, 3.8) is 0 Å². The van der Waals surface area contributed by atoms with Crippen LogP contribution in [0, 0.1) is 5.92 Å². The number of rotatable bonds is 2. The second-order valence-corrected chi connectivity index (χ2v) is 6.34. The van der Waals surface area contributed by atoms with Crippen LogP contribution in [0.1, 0.15) is 49.4 Å². The molecule has 3 nitrogen and oxygen atoms in total. The number of anilines is 1. The van der Waals surface area contributed by atoms with Crippen molar-refractivity contribution in [1.29, 1.82) is 0 Å². The van der Waals surface area contributed by atoms with Gasteiger partial charge >= 0.3 is 0 Å². The molecule has 3 N–H and O–H groups in total. The van der Waals surface area contributed by atoms with Gasteiger partial charge in [0.25, 0.3) is 5.91 Å². The minimum absolute atomic E-state index is 0.192. The molecule has 1 aromatic rings. The normalized spacial score (nSPS) is 23.1. The van der Waals surface area contributed by atoms with Crippen molar-refractivity contribution >= 4 is 34.8 Å². The van der Waals surface area contributed by atoms with Crippen molar-refractivity contribution in [1.82, 2.24) is 5.32 Å². The van der Waals surface area contributed by atoms with Crippen molar-refractivity contribution in [3.05, 3.63) is 27.7 Å². The molecule has 1 amide bonds. The second kappa shape index (κ2) is 6.68. The van der Waals surface area contributed by atoms with Crippen LogP contribution in [-0.4, -0.2) is 11.9 Å². The summed E-state index contributed by atoms with van der Waals surface area (Å²) in [6.45, 7) is 2.18. The zero-order chi connectivity index (χ0) is 14.7. The number of carbonyl (C=O) groups is 1. The average molecular weight is 315 g/mol. The van der Waals surface area contributed by atoms with E-state index in [-0.39, 0.29) is 17.0 Å². The van der Waals surface area contributed by atoms with Gasteiger partial charge in [-0.2, -0.15) is 0 Å². The molecule has 110 valence electrons. The molecule has 20 heavy (non-hydrogen) atoms. The van der Waals surface area contributed by atoms with Gasteiger partial charge in [0.2, 0.25) is 0 Å². The first-order valence-electron chi connectivity index (χ1n) is 7.04. The van der Waals surface area contributed by atoms with E-state index >= 15 is 0 Å². The van der Waals surface area contributed by atoms with Gasteiger partial charge in [0, 0.05) is 11.7 Å².